The van der Waals surface area contributed by atoms with Gasteiger partial charge in [-0.1, -0.05) is 11.6 Å². The highest BCUT2D eigenvalue weighted by Crippen LogP contribution is 2.36. The smallest absolute Gasteiger partial charge is 0.142 e. The third-order valence-corrected chi connectivity index (χ3v) is 2.81. The average Bonchev–Trinajstić information content (AvgIpc) is 2.80. The van der Waals surface area contributed by atoms with Gasteiger partial charge in [-0.15, -0.1) is 0 Å². The average molecular weight is 218 g/mol. The third kappa shape index (κ3) is 1.88. The second-order valence-electron chi connectivity index (χ2n) is 3.90. The van der Waals surface area contributed by atoms with E-state index in [1.807, 2.05) is 0 Å². The van der Waals surface area contributed by atoms with Crippen molar-refractivity contribution < 1.29 is 8.78 Å². The van der Waals surface area contributed by atoms with Crippen molar-refractivity contribution in [3.63, 3.8) is 0 Å². The molecule has 1 saturated carbocycles. The SMILES string of the molecule is NC1(Cc2cc(F)c(Cl)cc2F)CC1. The molecule has 0 radical (unpaired) electrons. The normalized spacial score (nSPS) is 18.3. The Kier molecular flexibility index (Phi) is 2.24. The van der Waals surface area contributed by atoms with Gasteiger partial charge in [0.25, 0.3) is 0 Å². The van der Waals surface area contributed by atoms with Crippen LogP contribution < -0.4 is 5.73 Å². The van der Waals surface area contributed by atoms with Crippen LogP contribution in [-0.4, -0.2) is 5.54 Å². The van der Waals surface area contributed by atoms with Gasteiger partial charge in [-0.05, 0) is 37.0 Å². The maximum atomic E-state index is 13.3. The fraction of sp³-hybridized carbons (Fsp3) is 0.400. The van der Waals surface area contributed by atoms with Crippen LogP contribution in [0.4, 0.5) is 8.78 Å². The monoisotopic (exact) mass is 217 g/mol. The zero-order chi connectivity index (χ0) is 10.3. The van der Waals surface area contributed by atoms with Crippen LogP contribution in [0.25, 0.3) is 0 Å². The second-order valence-corrected chi connectivity index (χ2v) is 4.30. The minimum absolute atomic E-state index is 0.187. The minimum Gasteiger partial charge on any atom is -0.325 e. The number of rotatable bonds is 2. The van der Waals surface area contributed by atoms with E-state index < -0.39 is 11.6 Å². The molecule has 0 amide bonds. The van der Waals surface area contributed by atoms with Crippen molar-refractivity contribution in [1.82, 2.24) is 0 Å². The molecule has 1 aromatic rings. The van der Waals surface area contributed by atoms with E-state index in [1.165, 1.54) is 0 Å². The maximum absolute atomic E-state index is 13.3. The highest BCUT2D eigenvalue weighted by molar-refractivity contribution is 6.30. The lowest BCUT2D eigenvalue weighted by atomic mass is 10.0. The van der Waals surface area contributed by atoms with E-state index in [9.17, 15) is 8.78 Å². The molecule has 0 bridgehead atoms. The summed E-state index contributed by atoms with van der Waals surface area (Å²) in [7, 11) is 0. The molecule has 0 unspecified atom stereocenters. The summed E-state index contributed by atoms with van der Waals surface area (Å²) in [5, 5.41) is -0.187. The van der Waals surface area contributed by atoms with Crippen molar-refractivity contribution in [3.8, 4) is 0 Å². The first kappa shape index (κ1) is 9.87. The quantitative estimate of drug-likeness (QED) is 0.758. The first-order valence-corrected chi connectivity index (χ1v) is 4.80. The highest BCUT2D eigenvalue weighted by atomic mass is 35.5. The van der Waals surface area contributed by atoms with Gasteiger partial charge in [-0.3, -0.25) is 0 Å². The summed E-state index contributed by atoms with van der Waals surface area (Å²) in [5.74, 6) is -1.07. The lowest BCUT2D eigenvalue weighted by Gasteiger charge is -2.09. The molecule has 76 valence electrons. The Morgan fingerprint density at radius 2 is 1.93 bits per heavy atom. The largest absolute Gasteiger partial charge is 0.325 e. The molecule has 4 heteroatoms. The van der Waals surface area contributed by atoms with E-state index in [4.69, 9.17) is 17.3 Å². The number of halogens is 3. The fourth-order valence-electron chi connectivity index (χ4n) is 1.42. The predicted molar refractivity (Wildman–Crippen MR) is 51.2 cm³/mol. The molecule has 1 aromatic carbocycles. The number of nitrogens with two attached hydrogens (primary N) is 1. The molecule has 14 heavy (non-hydrogen) atoms. The zero-order valence-corrected chi connectivity index (χ0v) is 8.24. The second kappa shape index (κ2) is 3.17. The molecule has 0 spiro atoms. The lowest BCUT2D eigenvalue weighted by molar-refractivity contribution is 0.565. The van der Waals surface area contributed by atoms with E-state index in [0.717, 1.165) is 25.0 Å². The molecule has 0 atom stereocenters. The van der Waals surface area contributed by atoms with E-state index in [2.05, 4.69) is 0 Å². The van der Waals surface area contributed by atoms with Crippen molar-refractivity contribution >= 4 is 11.6 Å². The molecular formula is C10H10ClF2N. The zero-order valence-electron chi connectivity index (χ0n) is 7.49. The summed E-state index contributed by atoms with van der Waals surface area (Å²) >= 11 is 5.43. The van der Waals surface area contributed by atoms with E-state index in [0.29, 0.717) is 12.0 Å². The van der Waals surface area contributed by atoms with E-state index in [1.54, 1.807) is 0 Å². The Balaban J connectivity index is 2.29. The van der Waals surface area contributed by atoms with Crippen LogP contribution in [-0.2, 0) is 6.42 Å². The van der Waals surface area contributed by atoms with Gasteiger partial charge in [-0.2, -0.15) is 0 Å². The summed E-state index contributed by atoms with van der Waals surface area (Å²) in [6.45, 7) is 0. The Hall–Kier alpha value is -0.670. The summed E-state index contributed by atoms with van der Waals surface area (Å²) in [6, 6.07) is 2.13. The topological polar surface area (TPSA) is 26.0 Å². The molecule has 0 heterocycles. The van der Waals surface area contributed by atoms with Crippen molar-refractivity contribution in [2.24, 2.45) is 5.73 Å². The molecule has 1 fully saturated rings. The molecule has 0 aliphatic heterocycles. The van der Waals surface area contributed by atoms with Gasteiger partial charge in [0.1, 0.15) is 11.6 Å². The fourth-order valence-corrected chi connectivity index (χ4v) is 1.57. The number of hydrogen-bond acceptors (Lipinski definition) is 1. The molecule has 2 N–H and O–H groups in total. The lowest BCUT2D eigenvalue weighted by Crippen LogP contribution is -2.25. The van der Waals surface area contributed by atoms with E-state index >= 15 is 0 Å². The maximum Gasteiger partial charge on any atom is 0.142 e. The molecule has 1 aliphatic carbocycles. The molecule has 2 rings (SSSR count). The van der Waals surface area contributed by atoms with Crippen LogP contribution >= 0.6 is 11.6 Å². The summed E-state index contributed by atoms with van der Waals surface area (Å²) in [6.07, 6.45) is 2.13. The molecular weight excluding hydrogens is 208 g/mol. The van der Waals surface area contributed by atoms with Crippen LogP contribution in [0.3, 0.4) is 0 Å². The van der Waals surface area contributed by atoms with Crippen molar-refractivity contribution in [2.45, 2.75) is 24.8 Å². The van der Waals surface area contributed by atoms with Gasteiger partial charge in [0.05, 0.1) is 5.02 Å². The van der Waals surface area contributed by atoms with Crippen LogP contribution in [0.15, 0.2) is 12.1 Å². The highest BCUT2D eigenvalue weighted by Gasteiger charge is 2.38. The summed E-state index contributed by atoms with van der Waals surface area (Å²) < 4.78 is 26.3. The van der Waals surface area contributed by atoms with Crippen molar-refractivity contribution in [3.05, 3.63) is 34.4 Å². The number of hydrogen-bond donors (Lipinski definition) is 1. The molecule has 1 nitrogen and oxygen atoms in total. The Morgan fingerprint density at radius 3 is 2.50 bits per heavy atom. The van der Waals surface area contributed by atoms with Gasteiger partial charge < -0.3 is 5.73 Å². The molecule has 0 aromatic heterocycles. The first-order chi connectivity index (χ1) is 6.50. The van der Waals surface area contributed by atoms with Gasteiger partial charge in [-0.25, -0.2) is 8.78 Å². The molecule has 1 aliphatic rings. The van der Waals surface area contributed by atoms with E-state index in [-0.39, 0.29) is 10.6 Å². The standard InChI is InChI=1S/C10H10ClF2N/c11-7-4-8(12)6(3-9(7)13)5-10(14)1-2-10/h3-4H,1-2,5,14H2. The summed E-state index contributed by atoms with van der Waals surface area (Å²) in [4.78, 5) is 0. The van der Waals surface area contributed by atoms with Gasteiger partial charge in [0.15, 0.2) is 0 Å². The van der Waals surface area contributed by atoms with Crippen LogP contribution in [0.2, 0.25) is 5.02 Å². The van der Waals surface area contributed by atoms with Crippen LogP contribution in [0.5, 0.6) is 0 Å². The minimum atomic E-state index is -0.590. The van der Waals surface area contributed by atoms with Gasteiger partial charge in [0, 0.05) is 5.54 Å². The summed E-state index contributed by atoms with van der Waals surface area (Å²) in [5.41, 5.74) is 5.81. The Labute approximate surface area is 85.9 Å². The van der Waals surface area contributed by atoms with Crippen LogP contribution in [0.1, 0.15) is 18.4 Å². The number of benzene rings is 1. The third-order valence-electron chi connectivity index (χ3n) is 2.52. The van der Waals surface area contributed by atoms with Crippen molar-refractivity contribution in [2.75, 3.05) is 0 Å². The van der Waals surface area contributed by atoms with Gasteiger partial charge in [0.2, 0.25) is 0 Å². The predicted octanol–water partition coefficient (Wildman–Crippen LogP) is 2.65. The molecule has 0 saturated heterocycles. The van der Waals surface area contributed by atoms with Gasteiger partial charge >= 0.3 is 0 Å². The van der Waals surface area contributed by atoms with Crippen LogP contribution in [0, 0.1) is 11.6 Å². The Morgan fingerprint density at radius 1 is 1.29 bits per heavy atom. The first-order valence-electron chi connectivity index (χ1n) is 4.42. The van der Waals surface area contributed by atoms with Crippen molar-refractivity contribution in [1.29, 1.82) is 0 Å². The Bertz CT molecular complexity index is 375.